The number of hydrogen-bond acceptors (Lipinski definition) is 3. The van der Waals surface area contributed by atoms with Crippen molar-refractivity contribution in [2.24, 2.45) is 0 Å². The van der Waals surface area contributed by atoms with Crippen LogP contribution in [-0.2, 0) is 4.79 Å². The molecule has 0 fully saturated rings. The van der Waals surface area contributed by atoms with Crippen molar-refractivity contribution >= 4 is 5.91 Å². The molecular weight excluding hydrogens is 891 g/mol. The number of unbranched alkanes of at least 4 members (excludes halogenated alkanes) is 31. The maximum Gasteiger partial charge on any atom is 0.220 e. The van der Waals surface area contributed by atoms with Gasteiger partial charge in [-0.1, -0.05) is 315 Å². The molecule has 3 N–H and O–H groups in total. The molecule has 4 heteroatoms. The first-order valence-corrected chi connectivity index (χ1v) is 31.2. The average molecular weight is 1010 g/mol. The van der Waals surface area contributed by atoms with E-state index in [1.807, 2.05) is 6.08 Å². The predicted octanol–water partition coefficient (Wildman–Crippen LogP) is 21.2. The largest absolute Gasteiger partial charge is 0.394 e. The second-order valence-electron chi connectivity index (χ2n) is 20.7. The molecule has 0 radical (unpaired) electrons. The molecule has 2 unspecified atom stereocenters. The van der Waals surface area contributed by atoms with Crippen molar-refractivity contribution in [2.75, 3.05) is 6.61 Å². The van der Waals surface area contributed by atoms with Gasteiger partial charge in [0.25, 0.3) is 0 Å². The minimum atomic E-state index is -0.848. The Labute approximate surface area is 454 Å². The van der Waals surface area contributed by atoms with Gasteiger partial charge in [-0.3, -0.25) is 4.79 Å². The lowest BCUT2D eigenvalue weighted by molar-refractivity contribution is -0.123. The van der Waals surface area contributed by atoms with Crippen molar-refractivity contribution in [1.29, 1.82) is 0 Å². The van der Waals surface area contributed by atoms with Crippen molar-refractivity contribution in [1.82, 2.24) is 5.32 Å². The van der Waals surface area contributed by atoms with E-state index in [0.29, 0.717) is 6.42 Å². The van der Waals surface area contributed by atoms with Gasteiger partial charge < -0.3 is 15.5 Å². The van der Waals surface area contributed by atoms with Gasteiger partial charge in [0, 0.05) is 6.42 Å². The smallest absolute Gasteiger partial charge is 0.220 e. The van der Waals surface area contributed by atoms with Crippen LogP contribution in [0.15, 0.2) is 122 Å². The molecule has 73 heavy (non-hydrogen) atoms. The van der Waals surface area contributed by atoms with E-state index in [2.05, 4.69) is 129 Å². The monoisotopic (exact) mass is 1010 g/mol. The van der Waals surface area contributed by atoms with Crippen LogP contribution in [0.25, 0.3) is 0 Å². The summed E-state index contributed by atoms with van der Waals surface area (Å²) in [6.45, 7) is 4.21. The maximum atomic E-state index is 12.5. The second-order valence-corrected chi connectivity index (χ2v) is 20.7. The highest BCUT2D eigenvalue weighted by molar-refractivity contribution is 5.76. The molecule has 0 aromatic heterocycles. The molecule has 4 nitrogen and oxygen atoms in total. The number of nitrogens with one attached hydrogen (secondary N) is 1. The van der Waals surface area contributed by atoms with E-state index in [1.165, 1.54) is 186 Å². The van der Waals surface area contributed by atoms with Crippen molar-refractivity contribution in [3.63, 3.8) is 0 Å². The van der Waals surface area contributed by atoms with E-state index in [1.54, 1.807) is 6.08 Å². The molecule has 0 aromatic carbocycles. The van der Waals surface area contributed by atoms with E-state index in [9.17, 15) is 15.0 Å². The van der Waals surface area contributed by atoms with Crippen LogP contribution in [0.4, 0.5) is 0 Å². The Morgan fingerprint density at radius 2 is 0.603 bits per heavy atom. The van der Waals surface area contributed by atoms with Crippen LogP contribution in [0.2, 0.25) is 0 Å². The minimum Gasteiger partial charge on any atom is -0.394 e. The highest BCUT2D eigenvalue weighted by atomic mass is 16.3. The van der Waals surface area contributed by atoms with Gasteiger partial charge in [-0.15, -0.1) is 0 Å². The Bertz CT molecular complexity index is 1420. The number of aliphatic hydroxyl groups excluding tert-OH is 2. The lowest BCUT2D eigenvalue weighted by Crippen LogP contribution is -2.45. The summed E-state index contributed by atoms with van der Waals surface area (Å²) in [5.41, 5.74) is 0. The summed E-state index contributed by atoms with van der Waals surface area (Å²) < 4.78 is 0. The number of rotatable bonds is 56. The third-order valence-electron chi connectivity index (χ3n) is 13.7. The second kappa shape index (κ2) is 63.1. The summed E-state index contributed by atoms with van der Waals surface area (Å²) in [6, 6.07) is -0.632. The number of carbonyl (C=O) groups excluding carboxylic acids is 1. The number of amides is 1. The number of allylic oxidation sites excluding steroid dienone is 19. The van der Waals surface area contributed by atoms with Gasteiger partial charge in [-0.05, 0) is 89.9 Å². The van der Waals surface area contributed by atoms with Crippen LogP contribution in [0, 0.1) is 0 Å². The summed E-state index contributed by atoms with van der Waals surface area (Å²) in [5.74, 6) is -0.0692. The first-order chi connectivity index (χ1) is 36.2. The molecule has 0 aliphatic carbocycles. The molecule has 0 aromatic rings. The molecule has 0 rings (SSSR count). The maximum absolute atomic E-state index is 12.5. The van der Waals surface area contributed by atoms with E-state index in [-0.39, 0.29) is 12.5 Å². The molecule has 418 valence electrons. The first kappa shape index (κ1) is 69.8. The summed E-state index contributed by atoms with van der Waals surface area (Å²) in [4.78, 5) is 12.5. The molecule has 0 heterocycles. The van der Waals surface area contributed by atoms with Gasteiger partial charge in [0.05, 0.1) is 18.8 Å². The fourth-order valence-electron chi connectivity index (χ4n) is 9.00. The first-order valence-electron chi connectivity index (χ1n) is 31.2. The van der Waals surface area contributed by atoms with Crippen LogP contribution in [0.5, 0.6) is 0 Å². The van der Waals surface area contributed by atoms with Crippen molar-refractivity contribution in [3.8, 4) is 0 Å². The molecule has 0 bridgehead atoms. The molecule has 0 saturated heterocycles. The standard InChI is InChI=1S/C69H119NO3/c1-3-5-7-9-11-13-15-17-19-21-23-25-27-28-29-30-31-32-33-34-35-36-37-38-39-40-41-42-43-45-47-49-51-53-55-57-59-61-63-65-69(73)70-67(66-71)68(72)64-62-60-58-56-54-52-50-48-46-44-26-24-22-20-18-16-14-12-10-8-6-4-2/h5,7,11,13,17,19,23,25,28-29,31-32,34-35,37-38,40-41,62,64,67-68,71-72H,3-4,6,8-10,12,14-16,18,20-22,24,26-27,30,33,36,39,42-61,63,65-66H2,1-2H3,(H,70,73)/b7-5-,13-11-,19-17-,25-23-,29-28-,32-31-,35-34-,38-37-,41-40-,64-62+. The normalized spacial score (nSPS) is 13.6. The predicted molar refractivity (Wildman–Crippen MR) is 326 cm³/mol. The van der Waals surface area contributed by atoms with Crippen molar-refractivity contribution in [3.05, 3.63) is 122 Å². The lowest BCUT2D eigenvalue weighted by atomic mass is 10.0. The topological polar surface area (TPSA) is 69.6 Å². The Morgan fingerprint density at radius 3 is 0.904 bits per heavy atom. The zero-order valence-electron chi connectivity index (χ0n) is 48.1. The van der Waals surface area contributed by atoms with Crippen LogP contribution < -0.4 is 5.32 Å². The van der Waals surface area contributed by atoms with Gasteiger partial charge >= 0.3 is 0 Å². The number of hydrogen-bond donors (Lipinski definition) is 3. The Hall–Kier alpha value is -3.21. The van der Waals surface area contributed by atoms with Crippen LogP contribution in [0.1, 0.15) is 290 Å². The Balaban J connectivity index is 3.57. The molecule has 0 aliphatic rings. The van der Waals surface area contributed by atoms with Crippen molar-refractivity contribution in [2.45, 2.75) is 302 Å². The summed E-state index contributed by atoms with van der Waals surface area (Å²) >= 11 is 0. The van der Waals surface area contributed by atoms with Gasteiger partial charge in [0.15, 0.2) is 0 Å². The molecular formula is C69H119NO3. The highest BCUT2D eigenvalue weighted by Crippen LogP contribution is 2.16. The fraction of sp³-hybridized carbons (Fsp3) is 0.696. The molecule has 1 amide bonds. The Morgan fingerprint density at radius 1 is 0.342 bits per heavy atom. The summed E-state index contributed by atoms with van der Waals surface area (Å²) in [7, 11) is 0. The average Bonchev–Trinajstić information content (AvgIpc) is 3.40. The fourth-order valence-corrected chi connectivity index (χ4v) is 9.00. The molecule has 0 saturated carbocycles. The SMILES string of the molecule is CC/C=C\C/C=C\C/C=C\C/C=C\C/C=C\C/C=C\C/C=C\C/C=C\C/C=C\CCCCCCCCCCCCCC(=O)NC(CO)C(O)/C=C/CCCCCCCCCCCCCCCCCCCCCC. The highest BCUT2D eigenvalue weighted by Gasteiger charge is 2.18. The van der Waals surface area contributed by atoms with Crippen LogP contribution in [0.3, 0.4) is 0 Å². The summed E-state index contributed by atoms with van der Waals surface area (Å²) in [6.07, 6.45) is 96.6. The third-order valence-corrected chi connectivity index (χ3v) is 13.7. The molecule has 2 atom stereocenters. The van der Waals surface area contributed by atoms with E-state index < -0.39 is 12.1 Å². The molecule has 0 spiro atoms. The van der Waals surface area contributed by atoms with Crippen LogP contribution in [-0.4, -0.2) is 34.9 Å². The van der Waals surface area contributed by atoms with E-state index in [4.69, 9.17) is 0 Å². The zero-order valence-corrected chi connectivity index (χ0v) is 48.1. The van der Waals surface area contributed by atoms with Crippen LogP contribution >= 0.6 is 0 Å². The van der Waals surface area contributed by atoms with E-state index >= 15 is 0 Å². The zero-order chi connectivity index (χ0) is 52.7. The van der Waals surface area contributed by atoms with Crippen molar-refractivity contribution < 1.29 is 15.0 Å². The van der Waals surface area contributed by atoms with Gasteiger partial charge in [-0.25, -0.2) is 0 Å². The number of carbonyl (C=O) groups is 1. The minimum absolute atomic E-state index is 0.0692. The van der Waals surface area contributed by atoms with Gasteiger partial charge in [0.1, 0.15) is 0 Å². The quantitative estimate of drug-likeness (QED) is 0.0420. The van der Waals surface area contributed by atoms with Gasteiger partial charge in [-0.2, -0.15) is 0 Å². The molecule has 0 aliphatic heterocycles. The summed E-state index contributed by atoms with van der Waals surface area (Å²) in [5, 5.41) is 23.2. The Kier molecular flexibility index (Phi) is 60.3. The van der Waals surface area contributed by atoms with E-state index in [0.717, 1.165) is 83.5 Å². The van der Waals surface area contributed by atoms with Gasteiger partial charge in [0.2, 0.25) is 5.91 Å². The third kappa shape index (κ3) is 59.5. The number of aliphatic hydroxyl groups is 2. The lowest BCUT2D eigenvalue weighted by Gasteiger charge is -2.20.